The Hall–Kier alpha value is -2.54. The van der Waals surface area contributed by atoms with Crippen LogP contribution in [0.25, 0.3) is 11.0 Å². The normalized spacial score (nSPS) is 11.0. The summed E-state index contributed by atoms with van der Waals surface area (Å²) in [4.78, 5) is 34.2. The van der Waals surface area contributed by atoms with E-state index < -0.39 is 0 Å². The van der Waals surface area contributed by atoms with Crippen LogP contribution < -0.4 is 10.9 Å². The lowest BCUT2D eigenvalue weighted by Gasteiger charge is -2.06. The SMILES string of the molecule is CCCCc1ccc(NC(=O)CSc2nc3cc(C)[nH]c3c(=O)[nH]2)cc1. The average Bonchev–Trinajstić information content (AvgIpc) is 3.00. The molecule has 0 unspecified atom stereocenters. The van der Waals surface area contributed by atoms with Gasteiger partial charge in [0.15, 0.2) is 5.16 Å². The van der Waals surface area contributed by atoms with E-state index in [-0.39, 0.29) is 17.2 Å². The number of thioether (sulfide) groups is 1. The average molecular weight is 370 g/mol. The lowest BCUT2D eigenvalue weighted by Crippen LogP contribution is -2.15. The van der Waals surface area contributed by atoms with Crippen LogP contribution in [0, 0.1) is 6.92 Å². The first-order chi connectivity index (χ1) is 12.5. The molecule has 2 heterocycles. The maximum absolute atomic E-state index is 12.1. The van der Waals surface area contributed by atoms with Crippen molar-refractivity contribution < 1.29 is 4.79 Å². The maximum Gasteiger partial charge on any atom is 0.275 e. The van der Waals surface area contributed by atoms with Gasteiger partial charge in [0.2, 0.25) is 5.91 Å². The molecule has 0 saturated carbocycles. The first-order valence-corrected chi connectivity index (χ1v) is 9.65. The largest absolute Gasteiger partial charge is 0.353 e. The molecule has 0 atom stereocenters. The van der Waals surface area contributed by atoms with Gasteiger partial charge >= 0.3 is 0 Å². The molecular weight excluding hydrogens is 348 g/mol. The number of aromatic nitrogens is 3. The highest BCUT2D eigenvalue weighted by Gasteiger charge is 2.09. The molecule has 26 heavy (non-hydrogen) atoms. The van der Waals surface area contributed by atoms with Crippen molar-refractivity contribution in [3.63, 3.8) is 0 Å². The Kier molecular flexibility index (Phi) is 5.78. The van der Waals surface area contributed by atoms with E-state index in [0.29, 0.717) is 16.2 Å². The fourth-order valence-corrected chi connectivity index (χ4v) is 3.34. The molecule has 0 spiro atoms. The van der Waals surface area contributed by atoms with Crippen molar-refractivity contribution in [2.75, 3.05) is 11.1 Å². The predicted octanol–water partition coefficient (Wildman–Crippen LogP) is 3.63. The number of fused-ring (bicyclic) bond motifs is 1. The molecule has 0 bridgehead atoms. The second kappa shape index (κ2) is 8.23. The zero-order chi connectivity index (χ0) is 18.5. The second-order valence-corrected chi connectivity index (χ2v) is 7.19. The lowest BCUT2D eigenvalue weighted by atomic mass is 10.1. The van der Waals surface area contributed by atoms with E-state index in [2.05, 4.69) is 27.2 Å². The number of benzene rings is 1. The third kappa shape index (κ3) is 4.54. The fourth-order valence-electron chi connectivity index (χ4n) is 2.67. The predicted molar refractivity (Wildman–Crippen MR) is 106 cm³/mol. The highest BCUT2D eigenvalue weighted by atomic mass is 32.2. The standard InChI is InChI=1S/C19H22N4O2S/c1-3-4-5-13-6-8-14(9-7-13)21-16(24)11-26-19-22-15-10-12(2)20-17(15)18(25)23-19/h6-10,20H,3-5,11H2,1-2H3,(H,21,24)(H,22,23,25). The lowest BCUT2D eigenvalue weighted by molar-refractivity contribution is -0.113. The van der Waals surface area contributed by atoms with Crippen LogP contribution in [0.2, 0.25) is 0 Å². The van der Waals surface area contributed by atoms with Gasteiger partial charge in [-0.25, -0.2) is 4.98 Å². The quantitative estimate of drug-likeness (QED) is 0.437. The van der Waals surface area contributed by atoms with Crippen molar-refractivity contribution in [3.8, 4) is 0 Å². The number of rotatable bonds is 7. The monoisotopic (exact) mass is 370 g/mol. The van der Waals surface area contributed by atoms with Crippen LogP contribution in [0.4, 0.5) is 5.69 Å². The highest BCUT2D eigenvalue weighted by molar-refractivity contribution is 7.99. The van der Waals surface area contributed by atoms with Crippen LogP contribution in [0.15, 0.2) is 40.3 Å². The molecule has 0 saturated heterocycles. The summed E-state index contributed by atoms with van der Waals surface area (Å²) in [6.07, 6.45) is 3.39. The van der Waals surface area contributed by atoms with E-state index in [9.17, 15) is 9.59 Å². The van der Waals surface area contributed by atoms with Gasteiger partial charge in [0.05, 0.1) is 11.3 Å². The van der Waals surface area contributed by atoms with Crippen LogP contribution in [0.1, 0.15) is 31.0 Å². The Morgan fingerprint density at radius 3 is 2.73 bits per heavy atom. The van der Waals surface area contributed by atoms with Crippen LogP contribution in [-0.2, 0) is 11.2 Å². The molecule has 0 aliphatic carbocycles. The Balaban J connectivity index is 1.58. The molecule has 3 rings (SSSR count). The molecule has 3 N–H and O–H groups in total. The van der Waals surface area contributed by atoms with Crippen molar-refractivity contribution in [3.05, 3.63) is 51.9 Å². The number of unbranched alkanes of at least 4 members (excludes halogenated alkanes) is 1. The molecule has 7 heteroatoms. The number of nitrogens with zero attached hydrogens (tertiary/aromatic N) is 1. The van der Waals surface area contributed by atoms with E-state index >= 15 is 0 Å². The second-order valence-electron chi connectivity index (χ2n) is 6.22. The van der Waals surface area contributed by atoms with Crippen molar-refractivity contribution >= 4 is 34.4 Å². The van der Waals surface area contributed by atoms with E-state index in [4.69, 9.17) is 0 Å². The summed E-state index contributed by atoms with van der Waals surface area (Å²) in [5.74, 6) is 0.0411. The number of nitrogens with one attached hydrogen (secondary N) is 3. The molecule has 0 radical (unpaired) electrons. The smallest absolute Gasteiger partial charge is 0.275 e. The summed E-state index contributed by atoms with van der Waals surface area (Å²) in [5.41, 5.74) is 3.76. The van der Waals surface area contributed by atoms with Gasteiger partial charge in [-0.1, -0.05) is 37.2 Å². The van der Waals surface area contributed by atoms with Crippen molar-refractivity contribution in [2.45, 2.75) is 38.3 Å². The number of anilines is 1. The molecule has 6 nitrogen and oxygen atoms in total. The van der Waals surface area contributed by atoms with E-state index in [1.54, 1.807) is 0 Å². The minimum absolute atomic E-state index is 0.135. The third-order valence-electron chi connectivity index (χ3n) is 4.00. The minimum atomic E-state index is -0.228. The van der Waals surface area contributed by atoms with Gasteiger partial charge in [-0.05, 0) is 43.5 Å². The number of aromatic amines is 2. The highest BCUT2D eigenvalue weighted by Crippen LogP contribution is 2.17. The van der Waals surface area contributed by atoms with Gasteiger partial charge in [-0.2, -0.15) is 0 Å². The number of carbonyl (C=O) groups excluding carboxylic acids is 1. The summed E-state index contributed by atoms with van der Waals surface area (Å²) in [6, 6.07) is 9.73. The molecule has 1 amide bonds. The Morgan fingerprint density at radius 2 is 2.00 bits per heavy atom. The van der Waals surface area contributed by atoms with Gasteiger partial charge in [0.1, 0.15) is 5.52 Å². The van der Waals surface area contributed by atoms with Crippen LogP contribution in [-0.4, -0.2) is 26.6 Å². The first-order valence-electron chi connectivity index (χ1n) is 8.66. The number of carbonyl (C=O) groups is 1. The topological polar surface area (TPSA) is 90.6 Å². The Morgan fingerprint density at radius 1 is 1.23 bits per heavy atom. The molecule has 2 aromatic heterocycles. The van der Waals surface area contributed by atoms with Gasteiger partial charge < -0.3 is 10.3 Å². The third-order valence-corrected chi connectivity index (χ3v) is 4.87. The number of hydrogen-bond acceptors (Lipinski definition) is 4. The summed E-state index contributed by atoms with van der Waals surface area (Å²) >= 11 is 1.21. The number of H-pyrrole nitrogens is 2. The summed E-state index contributed by atoms with van der Waals surface area (Å²) in [5, 5.41) is 3.30. The summed E-state index contributed by atoms with van der Waals surface area (Å²) in [7, 11) is 0. The molecule has 136 valence electrons. The zero-order valence-corrected chi connectivity index (χ0v) is 15.7. The molecule has 1 aromatic carbocycles. The van der Waals surface area contributed by atoms with E-state index in [0.717, 1.165) is 17.8 Å². The number of aryl methyl sites for hydroxylation is 2. The Labute approximate surface area is 155 Å². The maximum atomic E-state index is 12.1. The van der Waals surface area contributed by atoms with E-state index in [1.165, 1.54) is 30.2 Å². The molecule has 0 fully saturated rings. The molecule has 0 aliphatic heterocycles. The van der Waals surface area contributed by atoms with Crippen LogP contribution >= 0.6 is 11.8 Å². The fraction of sp³-hybridized carbons (Fsp3) is 0.316. The minimum Gasteiger partial charge on any atom is -0.353 e. The van der Waals surface area contributed by atoms with Crippen LogP contribution in [0.5, 0.6) is 0 Å². The number of amides is 1. The Bertz CT molecular complexity index is 960. The first kappa shape index (κ1) is 18.3. The summed E-state index contributed by atoms with van der Waals surface area (Å²) in [6.45, 7) is 4.04. The molecule has 0 aliphatic rings. The van der Waals surface area contributed by atoms with Gasteiger partial charge in [0, 0.05) is 11.4 Å². The van der Waals surface area contributed by atoms with Crippen molar-refractivity contribution in [2.24, 2.45) is 0 Å². The molecular formula is C19H22N4O2S. The zero-order valence-electron chi connectivity index (χ0n) is 14.9. The van der Waals surface area contributed by atoms with Gasteiger partial charge in [-0.15, -0.1) is 0 Å². The summed E-state index contributed by atoms with van der Waals surface area (Å²) < 4.78 is 0. The van der Waals surface area contributed by atoms with Gasteiger partial charge in [-0.3, -0.25) is 14.6 Å². The van der Waals surface area contributed by atoms with Crippen molar-refractivity contribution in [1.29, 1.82) is 0 Å². The van der Waals surface area contributed by atoms with Crippen molar-refractivity contribution in [1.82, 2.24) is 15.0 Å². The number of hydrogen-bond donors (Lipinski definition) is 3. The van der Waals surface area contributed by atoms with Gasteiger partial charge in [0.25, 0.3) is 5.56 Å². The van der Waals surface area contributed by atoms with Crippen LogP contribution in [0.3, 0.4) is 0 Å². The van der Waals surface area contributed by atoms with E-state index in [1.807, 2.05) is 37.3 Å². The molecule has 3 aromatic rings.